The number of fused-ring (bicyclic) bond motifs is 1. The van der Waals surface area contributed by atoms with E-state index in [9.17, 15) is 13.6 Å². The Kier molecular flexibility index (Phi) is 4.81. The molecule has 0 bridgehead atoms. The fourth-order valence-electron chi connectivity index (χ4n) is 3.26. The molecule has 0 saturated carbocycles. The Balaban J connectivity index is 1.38. The fraction of sp³-hybridized carbons (Fsp3) is 0.316. The number of nitrogens with zero attached hydrogens (tertiary/aromatic N) is 3. The summed E-state index contributed by atoms with van der Waals surface area (Å²) in [5, 5.41) is 5.61. The number of carbonyl (C=O) groups excluding carboxylic acids is 1. The van der Waals surface area contributed by atoms with Crippen LogP contribution >= 0.6 is 0 Å². The third kappa shape index (κ3) is 3.60. The number of hydrogen-bond donors (Lipinski definition) is 2. The molecule has 2 aromatic heterocycles. The Morgan fingerprint density at radius 3 is 2.64 bits per heavy atom. The van der Waals surface area contributed by atoms with E-state index in [4.69, 9.17) is 4.42 Å². The third-order valence-corrected chi connectivity index (χ3v) is 4.75. The van der Waals surface area contributed by atoms with E-state index < -0.39 is 17.7 Å². The molecule has 1 aromatic carbocycles. The van der Waals surface area contributed by atoms with Crippen molar-refractivity contribution in [1.29, 1.82) is 0 Å². The maximum Gasteiger partial charge on any atom is 0.319 e. The molecule has 1 fully saturated rings. The lowest BCUT2D eigenvalue weighted by Crippen LogP contribution is -2.28. The second kappa shape index (κ2) is 7.41. The number of furan rings is 1. The highest BCUT2D eigenvalue weighted by Gasteiger charge is 2.17. The number of amides is 2. The standard InChI is InChI=1S/C19H19F2N5O2/c1-11-14-6-12(20)7-15(21)17(14)28-16(11)10-24-19(27)25-13-8-22-18(23-9-13)26-4-2-3-5-26/h6-9H,2-5,10H2,1H3,(H2,24,25,27). The largest absolute Gasteiger partial charge is 0.456 e. The highest BCUT2D eigenvalue weighted by Crippen LogP contribution is 2.28. The van der Waals surface area contributed by atoms with Crippen molar-refractivity contribution < 1.29 is 18.0 Å². The van der Waals surface area contributed by atoms with Gasteiger partial charge in [-0.15, -0.1) is 0 Å². The maximum absolute atomic E-state index is 13.8. The molecule has 0 atom stereocenters. The van der Waals surface area contributed by atoms with Crippen LogP contribution in [0.5, 0.6) is 0 Å². The topological polar surface area (TPSA) is 83.3 Å². The normalized spacial score (nSPS) is 13.9. The molecular formula is C19H19F2N5O2. The molecule has 0 aliphatic carbocycles. The van der Waals surface area contributed by atoms with E-state index in [1.165, 1.54) is 6.07 Å². The van der Waals surface area contributed by atoms with E-state index in [-0.39, 0.29) is 12.1 Å². The molecule has 0 radical (unpaired) electrons. The monoisotopic (exact) mass is 387 g/mol. The van der Waals surface area contributed by atoms with Gasteiger partial charge in [0.25, 0.3) is 0 Å². The SMILES string of the molecule is Cc1c(CNC(=O)Nc2cnc(N3CCCC3)nc2)oc2c(F)cc(F)cc12. The summed E-state index contributed by atoms with van der Waals surface area (Å²) < 4.78 is 32.7. The molecule has 1 aliphatic rings. The van der Waals surface area contributed by atoms with E-state index in [1.807, 2.05) is 0 Å². The summed E-state index contributed by atoms with van der Waals surface area (Å²) in [4.78, 5) is 22.7. The van der Waals surface area contributed by atoms with Gasteiger partial charge in [-0.3, -0.25) is 0 Å². The Hall–Kier alpha value is -3.23. The van der Waals surface area contributed by atoms with Crippen LogP contribution in [0.3, 0.4) is 0 Å². The molecule has 0 spiro atoms. The minimum Gasteiger partial charge on any atom is -0.456 e. The molecule has 9 heteroatoms. The number of urea groups is 1. The molecule has 7 nitrogen and oxygen atoms in total. The molecular weight excluding hydrogens is 368 g/mol. The quantitative estimate of drug-likeness (QED) is 0.713. The zero-order valence-corrected chi connectivity index (χ0v) is 15.3. The maximum atomic E-state index is 13.8. The van der Waals surface area contributed by atoms with Crippen LogP contribution < -0.4 is 15.5 Å². The van der Waals surface area contributed by atoms with Crippen molar-refractivity contribution in [2.45, 2.75) is 26.3 Å². The van der Waals surface area contributed by atoms with Crippen molar-refractivity contribution in [3.05, 3.63) is 47.5 Å². The fourth-order valence-corrected chi connectivity index (χ4v) is 3.26. The van der Waals surface area contributed by atoms with Crippen molar-refractivity contribution >= 4 is 28.6 Å². The van der Waals surface area contributed by atoms with Gasteiger partial charge in [0.15, 0.2) is 11.4 Å². The van der Waals surface area contributed by atoms with Crippen molar-refractivity contribution in [3.63, 3.8) is 0 Å². The Morgan fingerprint density at radius 2 is 1.93 bits per heavy atom. The minimum atomic E-state index is -0.774. The van der Waals surface area contributed by atoms with Gasteiger partial charge in [-0.2, -0.15) is 0 Å². The van der Waals surface area contributed by atoms with Gasteiger partial charge in [0.05, 0.1) is 24.6 Å². The summed E-state index contributed by atoms with van der Waals surface area (Å²) in [6, 6.07) is 1.49. The predicted molar refractivity (Wildman–Crippen MR) is 100 cm³/mol. The molecule has 0 unspecified atom stereocenters. The van der Waals surface area contributed by atoms with Crippen LogP contribution in [-0.2, 0) is 6.54 Å². The number of aromatic nitrogens is 2. The zero-order valence-electron chi connectivity index (χ0n) is 15.3. The summed E-state index contributed by atoms with van der Waals surface area (Å²) in [7, 11) is 0. The second-order valence-corrected chi connectivity index (χ2v) is 6.69. The van der Waals surface area contributed by atoms with Gasteiger partial charge < -0.3 is 20.0 Å². The minimum absolute atomic E-state index is 0.0259. The average molecular weight is 387 g/mol. The van der Waals surface area contributed by atoms with Crippen molar-refractivity contribution in [2.24, 2.45) is 0 Å². The molecule has 1 saturated heterocycles. The third-order valence-electron chi connectivity index (χ3n) is 4.75. The number of aryl methyl sites for hydroxylation is 1. The van der Waals surface area contributed by atoms with Crippen LogP contribution in [0, 0.1) is 18.6 Å². The van der Waals surface area contributed by atoms with Gasteiger partial charge in [-0.1, -0.05) is 0 Å². The number of carbonyl (C=O) groups is 1. The lowest BCUT2D eigenvalue weighted by molar-refractivity contribution is 0.251. The van der Waals surface area contributed by atoms with E-state index in [0.29, 0.717) is 28.3 Å². The molecule has 1 aliphatic heterocycles. The van der Waals surface area contributed by atoms with Gasteiger partial charge >= 0.3 is 6.03 Å². The van der Waals surface area contributed by atoms with E-state index in [2.05, 4.69) is 25.5 Å². The molecule has 2 N–H and O–H groups in total. The van der Waals surface area contributed by atoms with Crippen LogP contribution in [0.15, 0.2) is 28.9 Å². The van der Waals surface area contributed by atoms with Gasteiger partial charge in [0.1, 0.15) is 11.6 Å². The summed E-state index contributed by atoms with van der Waals surface area (Å²) in [5.41, 5.74) is 1.00. The first-order valence-corrected chi connectivity index (χ1v) is 9.00. The van der Waals surface area contributed by atoms with Crippen LogP contribution in [0.1, 0.15) is 24.2 Å². The number of rotatable bonds is 4. The highest BCUT2D eigenvalue weighted by atomic mass is 19.1. The number of benzene rings is 1. The van der Waals surface area contributed by atoms with Gasteiger partial charge in [0, 0.05) is 30.1 Å². The van der Waals surface area contributed by atoms with E-state index in [1.54, 1.807) is 19.3 Å². The number of halogens is 2. The zero-order chi connectivity index (χ0) is 19.7. The van der Waals surface area contributed by atoms with Crippen molar-refractivity contribution in [3.8, 4) is 0 Å². The van der Waals surface area contributed by atoms with Crippen molar-refractivity contribution in [1.82, 2.24) is 15.3 Å². The van der Waals surface area contributed by atoms with E-state index >= 15 is 0 Å². The lowest BCUT2D eigenvalue weighted by Gasteiger charge is -2.14. The first kappa shape index (κ1) is 18.1. The van der Waals surface area contributed by atoms with Crippen LogP contribution in [0.2, 0.25) is 0 Å². The Labute approximate surface area is 159 Å². The van der Waals surface area contributed by atoms with Crippen LogP contribution in [0.25, 0.3) is 11.0 Å². The van der Waals surface area contributed by atoms with Gasteiger partial charge in [-0.25, -0.2) is 23.5 Å². The van der Waals surface area contributed by atoms with Crippen LogP contribution in [0.4, 0.5) is 25.2 Å². The second-order valence-electron chi connectivity index (χ2n) is 6.69. The highest BCUT2D eigenvalue weighted by molar-refractivity contribution is 5.89. The summed E-state index contributed by atoms with van der Waals surface area (Å²) in [5.74, 6) is -0.446. The molecule has 28 heavy (non-hydrogen) atoms. The first-order chi connectivity index (χ1) is 13.5. The Morgan fingerprint density at radius 1 is 1.21 bits per heavy atom. The Bertz CT molecular complexity index is 1010. The predicted octanol–water partition coefficient (Wildman–Crippen LogP) is 3.73. The van der Waals surface area contributed by atoms with Crippen LogP contribution in [-0.4, -0.2) is 29.1 Å². The van der Waals surface area contributed by atoms with Crippen molar-refractivity contribution in [2.75, 3.05) is 23.3 Å². The number of nitrogens with one attached hydrogen (secondary N) is 2. The first-order valence-electron chi connectivity index (χ1n) is 9.00. The molecule has 2 amide bonds. The molecule has 3 aromatic rings. The lowest BCUT2D eigenvalue weighted by atomic mass is 10.1. The molecule has 3 heterocycles. The smallest absolute Gasteiger partial charge is 0.319 e. The number of hydrogen-bond acceptors (Lipinski definition) is 5. The summed E-state index contributed by atoms with van der Waals surface area (Å²) in [6.07, 6.45) is 5.35. The summed E-state index contributed by atoms with van der Waals surface area (Å²) in [6.45, 7) is 3.59. The molecule has 4 rings (SSSR count). The average Bonchev–Trinajstić information content (AvgIpc) is 3.30. The van der Waals surface area contributed by atoms with Gasteiger partial charge in [0.2, 0.25) is 5.95 Å². The number of anilines is 2. The summed E-state index contributed by atoms with van der Waals surface area (Å²) >= 11 is 0. The van der Waals surface area contributed by atoms with E-state index in [0.717, 1.165) is 32.0 Å². The molecule has 146 valence electrons. The van der Waals surface area contributed by atoms with Gasteiger partial charge in [-0.05, 0) is 25.8 Å².